The minimum absolute atomic E-state index is 0.0951. The van der Waals surface area contributed by atoms with Crippen LogP contribution in [0.25, 0.3) is 0 Å². The predicted molar refractivity (Wildman–Crippen MR) is 127 cm³/mol. The number of aliphatic hydroxyl groups is 1. The Hall–Kier alpha value is -2.48. The zero-order valence-corrected chi connectivity index (χ0v) is 18.6. The molecule has 3 atom stereocenters. The summed E-state index contributed by atoms with van der Waals surface area (Å²) < 4.78 is 0.505. The molecule has 0 unspecified atom stereocenters. The van der Waals surface area contributed by atoms with E-state index in [4.69, 9.17) is 17.3 Å². The lowest BCUT2D eigenvalue weighted by atomic mass is 9.91. The fraction of sp³-hybridized carbons (Fsp3) is 0.292. The van der Waals surface area contributed by atoms with E-state index in [1.807, 2.05) is 60.7 Å². The van der Waals surface area contributed by atoms with Crippen LogP contribution in [0.4, 0.5) is 0 Å². The van der Waals surface area contributed by atoms with Crippen LogP contribution < -0.4 is 0 Å². The molecule has 0 saturated carbocycles. The van der Waals surface area contributed by atoms with Crippen molar-refractivity contribution >= 4 is 40.2 Å². The third-order valence-electron chi connectivity index (χ3n) is 5.26. The second kappa shape index (κ2) is 11.2. The molecule has 1 fully saturated rings. The van der Waals surface area contributed by atoms with Gasteiger partial charge in [0, 0.05) is 11.8 Å². The van der Waals surface area contributed by atoms with Crippen molar-refractivity contribution in [1.29, 1.82) is 0 Å². The van der Waals surface area contributed by atoms with Crippen LogP contribution in [0.5, 0.6) is 0 Å². The van der Waals surface area contributed by atoms with Crippen molar-refractivity contribution in [3.63, 3.8) is 0 Å². The van der Waals surface area contributed by atoms with Gasteiger partial charge in [0.15, 0.2) is 0 Å². The first-order valence-corrected chi connectivity index (χ1v) is 11.5. The van der Waals surface area contributed by atoms with Gasteiger partial charge in [0.05, 0.1) is 18.1 Å². The summed E-state index contributed by atoms with van der Waals surface area (Å²) in [6, 6.07) is 19.5. The number of carboxylic acid groups (broad SMARTS) is 1. The molecule has 0 aromatic heterocycles. The van der Waals surface area contributed by atoms with Gasteiger partial charge >= 0.3 is 5.97 Å². The van der Waals surface area contributed by atoms with Crippen molar-refractivity contribution in [3.05, 3.63) is 83.9 Å². The first-order valence-electron chi connectivity index (χ1n) is 10.1. The first-order chi connectivity index (χ1) is 15.0. The normalized spacial score (nSPS) is 18.3. The Bertz CT molecular complexity index is 933. The molecule has 7 heteroatoms. The van der Waals surface area contributed by atoms with E-state index < -0.39 is 18.0 Å². The molecule has 2 N–H and O–H groups in total. The van der Waals surface area contributed by atoms with Crippen molar-refractivity contribution < 1.29 is 19.8 Å². The number of benzene rings is 2. The van der Waals surface area contributed by atoms with Gasteiger partial charge in [-0.05, 0) is 36.5 Å². The molecule has 0 spiro atoms. The van der Waals surface area contributed by atoms with Crippen LogP contribution in [0.1, 0.15) is 17.5 Å². The van der Waals surface area contributed by atoms with Crippen molar-refractivity contribution in [2.75, 3.05) is 5.75 Å². The van der Waals surface area contributed by atoms with Crippen LogP contribution >= 0.6 is 24.0 Å². The SMILES string of the molecule is O=C(O)/C=C/[C@H](O)[C@H](CCc1ccccc1)C(=O)N1C(=S)SC[C@@H]1Cc1ccccc1. The van der Waals surface area contributed by atoms with Crippen LogP contribution in [0.3, 0.4) is 0 Å². The largest absolute Gasteiger partial charge is 0.478 e. The summed E-state index contributed by atoms with van der Waals surface area (Å²) in [5.74, 6) is -1.51. The average molecular weight is 456 g/mol. The van der Waals surface area contributed by atoms with Crippen LogP contribution in [-0.4, -0.2) is 49.2 Å². The summed E-state index contributed by atoms with van der Waals surface area (Å²) in [5, 5.41) is 19.6. The van der Waals surface area contributed by atoms with Gasteiger partial charge < -0.3 is 10.2 Å². The van der Waals surface area contributed by atoms with E-state index >= 15 is 0 Å². The third kappa shape index (κ3) is 6.50. The number of aliphatic carboxylic acids is 1. The van der Waals surface area contributed by atoms with E-state index in [2.05, 4.69) is 0 Å². The molecule has 1 saturated heterocycles. The second-order valence-electron chi connectivity index (χ2n) is 7.45. The highest BCUT2D eigenvalue weighted by molar-refractivity contribution is 8.23. The standard InChI is InChI=1S/C24H25NO4S2/c26-21(13-14-22(27)28)20(12-11-17-7-3-1-4-8-17)23(29)25-19(16-31-24(25)30)15-18-9-5-2-6-10-18/h1-10,13-14,19-21,26H,11-12,15-16H2,(H,27,28)/b14-13+/t19-,20-,21-/m0/s1. The second-order valence-corrected chi connectivity index (χ2v) is 9.10. The molecule has 3 rings (SSSR count). The Morgan fingerprint density at radius 1 is 1.10 bits per heavy atom. The lowest BCUT2D eigenvalue weighted by Gasteiger charge is -2.29. The van der Waals surface area contributed by atoms with E-state index in [9.17, 15) is 14.7 Å². The van der Waals surface area contributed by atoms with Gasteiger partial charge in [-0.3, -0.25) is 9.69 Å². The molecule has 5 nitrogen and oxygen atoms in total. The molecule has 1 aliphatic heterocycles. The topological polar surface area (TPSA) is 77.8 Å². The van der Waals surface area contributed by atoms with Crippen LogP contribution in [-0.2, 0) is 22.4 Å². The number of aryl methyl sites for hydroxylation is 1. The Morgan fingerprint density at radius 2 is 1.71 bits per heavy atom. The van der Waals surface area contributed by atoms with Crippen LogP contribution in [0.15, 0.2) is 72.8 Å². The Morgan fingerprint density at radius 3 is 2.32 bits per heavy atom. The van der Waals surface area contributed by atoms with Crippen molar-refractivity contribution in [2.45, 2.75) is 31.4 Å². The van der Waals surface area contributed by atoms with Gasteiger partial charge in [0.2, 0.25) is 5.91 Å². The number of amides is 1. The van der Waals surface area contributed by atoms with Crippen molar-refractivity contribution in [1.82, 2.24) is 4.90 Å². The summed E-state index contributed by atoms with van der Waals surface area (Å²) in [5.41, 5.74) is 2.16. The maximum Gasteiger partial charge on any atom is 0.328 e. The highest BCUT2D eigenvalue weighted by Gasteiger charge is 2.39. The highest BCUT2D eigenvalue weighted by Crippen LogP contribution is 2.30. The third-order valence-corrected chi connectivity index (χ3v) is 6.81. The van der Waals surface area contributed by atoms with E-state index in [0.29, 0.717) is 29.3 Å². The fourth-order valence-electron chi connectivity index (χ4n) is 3.67. The first kappa shape index (κ1) is 23.2. The van der Waals surface area contributed by atoms with Gasteiger partial charge in [-0.25, -0.2) is 4.79 Å². The number of hydrogen-bond acceptors (Lipinski definition) is 5. The zero-order chi connectivity index (χ0) is 22.2. The number of carbonyl (C=O) groups excluding carboxylic acids is 1. The van der Waals surface area contributed by atoms with E-state index in [-0.39, 0.29) is 11.9 Å². The van der Waals surface area contributed by atoms with E-state index in [1.165, 1.54) is 17.8 Å². The average Bonchev–Trinajstić information content (AvgIpc) is 3.13. The summed E-state index contributed by atoms with van der Waals surface area (Å²) >= 11 is 6.94. The summed E-state index contributed by atoms with van der Waals surface area (Å²) in [6.07, 6.45) is 2.49. The maximum absolute atomic E-state index is 13.5. The fourth-order valence-corrected chi connectivity index (χ4v) is 5.09. The molecule has 2 aromatic carbocycles. The molecule has 1 amide bonds. The monoisotopic (exact) mass is 455 g/mol. The lowest BCUT2D eigenvalue weighted by Crippen LogP contribution is -2.46. The van der Waals surface area contributed by atoms with Gasteiger partial charge in [-0.2, -0.15) is 0 Å². The van der Waals surface area contributed by atoms with E-state index in [0.717, 1.165) is 17.2 Å². The Kier molecular flexibility index (Phi) is 8.40. The van der Waals surface area contributed by atoms with Gasteiger partial charge in [-0.1, -0.05) is 84.6 Å². The van der Waals surface area contributed by atoms with Gasteiger partial charge in [0.1, 0.15) is 4.32 Å². The number of hydrogen-bond donors (Lipinski definition) is 2. The number of nitrogens with zero attached hydrogens (tertiary/aromatic N) is 1. The minimum atomic E-state index is -1.21. The van der Waals surface area contributed by atoms with Gasteiger partial charge in [-0.15, -0.1) is 0 Å². The molecule has 1 heterocycles. The molecule has 1 aliphatic rings. The summed E-state index contributed by atoms with van der Waals surface area (Å²) in [7, 11) is 0. The molecule has 0 aliphatic carbocycles. The molecule has 0 bridgehead atoms. The van der Waals surface area contributed by atoms with Gasteiger partial charge in [0.25, 0.3) is 0 Å². The smallest absolute Gasteiger partial charge is 0.328 e. The summed E-state index contributed by atoms with van der Waals surface area (Å²) in [4.78, 5) is 26.1. The minimum Gasteiger partial charge on any atom is -0.478 e. The quantitative estimate of drug-likeness (QED) is 0.443. The molecular weight excluding hydrogens is 430 g/mol. The number of aliphatic hydroxyl groups excluding tert-OH is 1. The Balaban J connectivity index is 1.80. The zero-order valence-electron chi connectivity index (χ0n) is 17.0. The molecule has 162 valence electrons. The highest BCUT2D eigenvalue weighted by atomic mass is 32.2. The number of rotatable bonds is 9. The Labute approximate surface area is 191 Å². The number of thiocarbonyl (C=S) groups is 1. The van der Waals surface area contributed by atoms with E-state index in [1.54, 1.807) is 4.90 Å². The van der Waals surface area contributed by atoms with Crippen molar-refractivity contribution in [2.24, 2.45) is 5.92 Å². The predicted octanol–water partition coefficient (Wildman–Crippen LogP) is 3.71. The summed E-state index contributed by atoms with van der Waals surface area (Å²) in [6.45, 7) is 0. The number of carboxylic acids is 1. The molecule has 0 radical (unpaired) electrons. The van der Waals surface area contributed by atoms with Crippen molar-refractivity contribution in [3.8, 4) is 0 Å². The molecule has 2 aromatic rings. The maximum atomic E-state index is 13.5. The molecular formula is C24H25NO4S2. The number of thioether (sulfide) groups is 1. The van der Waals surface area contributed by atoms with Crippen LogP contribution in [0, 0.1) is 5.92 Å². The van der Waals surface area contributed by atoms with Crippen LogP contribution in [0.2, 0.25) is 0 Å². The molecule has 31 heavy (non-hydrogen) atoms. The lowest BCUT2D eigenvalue weighted by molar-refractivity contribution is -0.136. The number of carbonyl (C=O) groups is 2.